The van der Waals surface area contributed by atoms with E-state index in [1.807, 2.05) is 12.1 Å². The molecule has 2 N–H and O–H groups in total. The molecular weight excluding hydrogens is 272 g/mol. The maximum atomic E-state index is 10.2. The van der Waals surface area contributed by atoms with Crippen molar-refractivity contribution in [2.75, 3.05) is 13.1 Å². The van der Waals surface area contributed by atoms with E-state index in [1.54, 1.807) is 0 Å². The minimum atomic E-state index is -0.254. The smallest absolute Gasteiger partial charge is 0.0718 e. The molecule has 3 heteroatoms. The van der Waals surface area contributed by atoms with Gasteiger partial charge in [-0.05, 0) is 17.5 Å². The van der Waals surface area contributed by atoms with E-state index in [0.29, 0.717) is 0 Å². The molecule has 1 aliphatic rings. The van der Waals surface area contributed by atoms with E-state index in [0.717, 1.165) is 32.6 Å². The predicted octanol–water partition coefficient (Wildman–Crippen LogP) is 2.41. The van der Waals surface area contributed by atoms with Crippen LogP contribution in [0, 0.1) is 0 Å². The van der Waals surface area contributed by atoms with E-state index in [-0.39, 0.29) is 12.1 Å². The lowest BCUT2D eigenvalue weighted by molar-refractivity contribution is 0.0438. The summed E-state index contributed by atoms with van der Waals surface area (Å²) in [5.74, 6) is 0. The summed E-state index contributed by atoms with van der Waals surface area (Å²) < 4.78 is 0. The topological polar surface area (TPSA) is 35.5 Å². The van der Waals surface area contributed by atoms with Crippen LogP contribution < -0.4 is 5.32 Å². The van der Waals surface area contributed by atoms with Gasteiger partial charge in [0.25, 0.3) is 0 Å². The van der Waals surface area contributed by atoms with Crippen LogP contribution in [0.25, 0.3) is 0 Å². The summed E-state index contributed by atoms with van der Waals surface area (Å²) >= 11 is 0. The fourth-order valence-corrected chi connectivity index (χ4v) is 3.04. The Morgan fingerprint density at radius 2 is 1.59 bits per heavy atom. The zero-order chi connectivity index (χ0) is 15.2. The number of benzene rings is 2. The van der Waals surface area contributed by atoms with Crippen LogP contribution in [0.2, 0.25) is 0 Å². The van der Waals surface area contributed by atoms with Crippen molar-refractivity contribution >= 4 is 0 Å². The molecule has 0 aliphatic carbocycles. The quantitative estimate of drug-likeness (QED) is 0.889. The van der Waals surface area contributed by atoms with E-state index in [4.69, 9.17) is 0 Å². The number of hydrogen-bond acceptors (Lipinski definition) is 3. The van der Waals surface area contributed by atoms with Gasteiger partial charge >= 0.3 is 0 Å². The Hall–Kier alpha value is -1.68. The van der Waals surface area contributed by atoms with Crippen molar-refractivity contribution in [3.05, 3.63) is 71.8 Å². The Balaban J connectivity index is 1.54. The van der Waals surface area contributed by atoms with Crippen LogP contribution in [0.4, 0.5) is 0 Å². The van der Waals surface area contributed by atoms with Gasteiger partial charge in [0.15, 0.2) is 0 Å². The van der Waals surface area contributed by atoms with Crippen LogP contribution in [0.1, 0.15) is 17.5 Å². The van der Waals surface area contributed by atoms with Crippen molar-refractivity contribution < 1.29 is 5.11 Å². The van der Waals surface area contributed by atoms with Crippen molar-refractivity contribution in [1.82, 2.24) is 10.2 Å². The molecule has 2 atom stereocenters. The second-order valence-electron chi connectivity index (χ2n) is 6.05. The first kappa shape index (κ1) is 15.2. The van der Waals surface area contributed by atoms with E-state index in [2.05, 4.69) is 58.7 Å². The standard InChI is InChI=1S/C19H24N2O/c22-19-11-12-21(14-17-9-5-2-6-10-17)15-18(19)20-13-16-7-3-1-4-8-16/h1-10,18-20,22H,11-15H2/t18-,19+/m1/s1. The monoisotopic (exact) mass is 296 g/mol. The Morgan fingerprint density at radius 1 is 0.955 bits per heavy atom. The van der Waals surface area contributed by atoms with Gasteiger partial charge in [-0.3, -0.25) is 4.90 Å². The summed E-state index contributed by atoms with van der Waals surface area (Å²) in [5, 5.41) is 13.8. The predicted molar refractivity (Wildman–Crippen MR) is 89.4 cm³/mol. The van der Waals surface area contributed by atoms with Crippen LogP contribution in [-0.2, 0) is 13.1 Å². The number of piperidine rings is 1. The molecule has 0 aromatic heterocycles. The zero-order valence-corrected chi connectivity index (χ0v) is 12.9. The van der Waals surface area contributed by atoms with E-state index >= 15 is 0 Å². The lowest BCUT2D eigenvalue weighted by Crippen LogP contribution is -2.53. The fraction of sp³-hybridized carbons (Fsp3) is 0.368. The highest BCUT2D eigenvalue weighted by Crippen LogP contribution is 2.15. The van der Waals surface area contributed by atoms with E-state index in [9.17, 15) is 5.11 Å². The zero-order valence-electron chi connectivity index (χ0n) is 12.9. The normalized spacial score (nSPS) is 22.6. The molecule has 22 heavy (non-hydrogen) atoms. The van der Waals surface area contributed by atoms with Gasteiger partial charge in [0, 0.05) is 32.2 Å². The highest BCUT2D eigenvalue weighted by Gasteiger charge is 2.27. The van der Waals surface area contributed by atoms with Crippen molar-refractivity contribution in [2.24, 2.45) is 0 Å². The fourth-order valence-electron chi connectivity index (χ4n) is 3.04. The molecule has 2 aromatic carbocycles. The molecule has 0 spiro atoms. The second-order valence-corrected chi connectivity index (χ2v) is 6.05. The first-order valence-corrected chi connectivity index (χ1v) is 8.03. The Bertz CT molecular complexity index is 558. The Labute approximate surface area is 132 Å². The van der Waals surface area contributed by atoms with Gasteiger partial charge in [-0.2, -0.15) is 0 Å². The molecule has 0 bridgehead atoms. The summed E-state index contributed by atoms with van der Waals surface area (Å²) in [7, 11) is 0. The van der Waals surface area contributed by atoms with Gasteiger partial charge < -0.3 is 10.4 Å². The van der Waals surface area contributed by atoms with Crippen molar-refractivity contribution in [2.45, 2.75) is 31.7 Å². The van der Waals surface area contributed by atoms with E-state index in [1.165, 1.54) is 11.1 Å². The highest BCUT2D eigenvalue weighted by atomic mass is 16.3. The first-order chi connectivity index (χ1) is 10.8. The molecule has 1 fully saturated rings. The van der Waals surface area contributed by atoms with Gasteiger partial charge in [0.1, 0.15) is 0 Å². The minimum Gasteiger partial charge on any atom is -0.391 e. The van der Waals surface area contributed by atoms with Gasteiger partial charge in [-0.25, -0.2) is 0 Å². The number of hydrogen-bond donors (Lipinski definition) is 2. The third kappa shape index (κ3) is 4.17. The number of nitrogens with one attached hydrogen (secondary N) is 1. The van der Waals surface area contributed by atoms with Gasteiger partial charge in [-0.1, -0.05) is 60.7 Å². The summed E-state index contributed by atoms with van der Waals surface area (Å²) in [6, 6.07) is 21.0. The third-order valence-corrected chi connectivity index (χ3v) is 4.32. The molecule has 3 rings (SSSR count). The molecule has 1 saturated heterocycles. The molecule has 1 aliphatic heterocycles. The van der Waals surface area contributed by atoms with Gasteiger partial charge in [0.2, 0.25) is 0 Å². The second kappa shape index (κ2) is 7.54. The third-order valence-electron chi connectivity index (χ3n) is 4.32. The molecular formula is C19H24N2O. The Morgan fingerprint density at radius 3 is 2.27 bits per heavy atom. The largest absolute Gasteiger partial charge is 0.391 e. The van der Waals surface area contributed by atoms with Crippen molar-refractivity contribution in [3.8, 4) is 0 Å². The maximum absolute atomic E-state index is 10.2. The minimum absolute atomic E-state index is 0.137. The molecule has 2 aromatic rings. The molecule has 116 valence electrons. The molecule has 0 unspecified atom stereocenters. The number of nitrogens with zero attached hydrogens (tertiary/aromatic N) is 1. The lowest BCUT2D eigenvalue weighted by atomic mass is 10.0. The van der Waals surface area contributed by atoms with Crippen LogP contribution in [0.3, 0.4) is 0 Å². The Kier molecular flexibility index (Phi) is 5.22. The summed E-state index contributed by atoms with van der Waals surface area (Å²) in [6.07, 6.45) is 0.579. The highest BCUT2D eigenvalue weighted by molar-refractivity contribution is 5.15. The van der Waals surface area contributed by atoms with Crippen LogP contribution >= 0.6 is 0 Å². The molecule has 0 radical (unpaired) electrons. The summed E-state index contributed by atoms with van der Waals surface area (Å²) in [5.41, 5.74) is 2.59. The van der Waals surface area contributed by atoms with Crippen molar-refractivity contribution in [1.29, 1.82) is 0 Å². The van der Waals surface area contributed by atoms with Crippen LogP contribution in [-0.4, -0.2) is 35.2 Å². The van der Waals surface area contributed by atoms with Crippen LogP contribution in [0.15, 0.2) is 60.7 Å². The van der Waals surface area contributed by atoms with Gasteiger partial charge in [-0.15, -0.1) is 0 Å². The number of likely N-dealkylation sites (tertiary alicyclic amines) is 1. The lowest BCUT2D eigenvalue weighted by Gasteiger charge is -2.36. The average molecular weight is 296 g/mol. The molecule has 1 heterocycles. The van der Waals surface area contributed by atoms with Crippen molar-refractivity contribution in [3.63, 3.8) is 0 Å². The molecule has 3 nitrogen and oxygen atoms in total. The number of rotatable bonds is 5. The van der Waals surface area contributed by atoms with Crippen LogP contribution in [0.5, 0.6) is 0 Å². The first-order valence-electron chi connectivity index (χ1n) is 8.03. The van der Waals surface area contributed by atoms with E-state index < -0.39 is 0 Å². The number of aliphatic hydroxyl groups excluding tert-OH is 1. The molecule has 0 saturated carbocycles. The SMILES string of the molecule is O[C@H]1CCN(Cc2ccccc2)C[C@H]1NCc1ccccc1. The van der Waals surface area contributed by atoms with Gasteiger partial charge in [0.05, 0.1) is 6.10 Å². The number of aliphatic hydroxyl groups is 1. The average Bonchev–Trinajstić information content (AvgIpc) is 2.57. The summed E-state index contributed by atoms with van der Waals surface area (Å²) in [6.45, 7) is 3.61. The molecule has 0 amide bonds. The maximum Gasteiger partial charge on any atom is 0.0718 e. The summed E-state index contributed by atoms with van der Waals surface area (Å²) in [4.78, 5) is 2.42.